The van der Waals surface area contributed by atoms with Crippen LogP contribution in [0, 0.1) is 5.82 Å². The van der Waals surface area contributed by atoms with Gasteiger partial charge in [-0.15, -0.1) is 0 Å². The van der Waals surface area contributed by atoms with Crippen molar-refractivity contribution >= 4 is 22.8 Å². The van der Waals surface area contributed by atoms with E-state index in [0.29, 0.717) is 5.56 Å². The molecule has 0 unspecified atom stereocenters. The molecule has 35 heavy (non-hydrogen) atoms. The standard InChI is InChI=1S/C24H25FN4O6/c1-24(23(33)27-8-9-30)12-29-18-17(20(34-3)16(22(29)32)21(31)26-2)28-11-14(19(18)35-24)10-13-4-6-15(25)7-5-13/h4-7,11,30H,8-10,12H2,1-3H3,(H,26,31)(H,27,33)/t24-/m1/s1. The van der Waals surface area contributed by atoms with Gasteiger partial charge in [0.05, 0.1) is 20.3 Å². The number of aliphatic hydroxyl groups is 1. The maximum atomic E-state index is 13.5. The molecule has 3 N–H and O–H groups in total. The lowest BCUT2D eigenvalue weighted by atomic mass is 9.98. The second-order valence-corrected chi connectivity index (χ2v) is 8.30. The Kier molecular flexibility index (Phi) is 6.44. The second-order valence-electron chi connectivity index (χ2n) is 8.30. The molecule has 1 atom stereocenters. The summed E-state index contributed by atoms with van der Waals surface area (Å²) in [7, 11) is 2.72. The van der Waals surface area contributed by atoms with E-state index in [4.69, 9.17) is 14.6 Å². The molecule has 0 spiro atoms. The number of pyridine rings is 2. The third-order valence-electron chi connectivity index (χ3n) is 5.88. The van der Waals surface area contributed by atoms with Crippen LogP contribution in [0.2, 0.25) is 0 Å². The largest absolute Gasteiger partial charge is 0.493 e. The van der Waals surface area contributed by atoms with Crippen molar-refractivity contribution in [2.75, 3.05) is 27.3 Å². The zero-order valence-electron chi connectivity index (χ0n) is 19.5. The number of aliphatic hydroxyl groups excluding tert-OH is 1. The van der Waals surface area contributed by atoms with Crippen LogP contribution < -0.4 is 25.7 Å². The summed E-state index contributed by atoms with van der Waals surface area (Å²) in [6.45, 7) is 1.04. The number of aromatic nitrogens is 2. The van der Waals surface area contributed by atoms with Gasteiger partial charge in [0.15, 0.2) is 11.5 Å². The van der Waals surface area contributed by atoms with Crippen LogP contribution in [0.15, 0.2) is 35.3 Å². The lowest BCUT2D eigenvalue weighted by Crippen LogP contribution is -2.55. The van der Waals surface area contributed by atoms with Gasteiger partial charge in [0.2, 0.25) is 5.60 Å². The van der Waals surface area contributed by atoms with Gasteiger partial charge in [0.25, 0.3) is 17.4 Å². The first-order valence-electron chi connectivity index (χ1n) is 10.9. The predicted octanol–water partition coefficient (Wildman–Crippen LogP) is 0.754. The van der Waals surface area contributed by atoms with Crippen molar-refractivity contribution in [1.29, 1.82) is 0 Å². The minimum absolute atomic E-state index is 0.000164. The van der Waals surface area contributed by atoms with Crippen LogP contribution in [0.25, 0.3) is 11.0 Å². The Morgan fingerprint density at radius 3 is 2.66 bits per heavy atom. The number of halogens is 1. The monoisotopic (exact) mass is 484 g/mol. The fraction of sp³-hybridized carbons (Fsp3) is 0.333. The number of nitrogens with zero attached hydrogens (tertiary/aromatic N) is 2. The molecule has 3 aromatic rings. The number of carbonyl (C=O) groups excluding carboxylic acids is 2. The van der Waals surface area contributed by atoms with E-state index in [-0.39, 0.29) is 60.0 Å². The molecule has 2 aromatic heterocycles. The van der Waals surface area contributed by atoms with E-state index in [1.54, 1.807) is 12.1 Å². The first-order valence-corrected chi connectivity index (χ1v) is 10.9. The molecule has 0 saturated carbocycles. The molecule has 184 valence electrons. The smallest absolute Gasteiger partial charge is 0.268 e. The first-order chi connectivity index (χ1) is 16.7. The van der Waals surface area contributed by atoms with Crippen LogP contribution in [0.3, 0.4) is 0 Å². The van der Waals surface area contributed by atoms with Gasteiger partial charge in [-0.3, -0.25) is 23.9 Å². The lowest BCUT2D eigenvalue weighted by Gasteiger charge is -2.36. The summed E-state index contributed by atoms with van der Waals surface area (Å²) < 4.78 is 26.4. The number of hydrogen-bond donors (Lipinski definition) is 3. The van der Waals surface area contributed by atoms with Gasteiger partial charge < -0.3 is 25.2 Å². The highest BCUT2D eigenvalue weighted by atomic mass is 19.1. The van der Waals surface area contributed by atoms with E-state index in [9.17, 15) is 18.8 Å². The fourth-order valence-electron chi connectivity index (χ4n) is 4.16. The third kappa shape index (κ3) is 4.18. The summed E-state index contributed by atoms with van der Waals surface area (Å²) >= 11 is 0. The average Bonchev–Trinajstić information content (AvgIpc) is 2.86. The van der Waals surface area contributed by atoms with E-state index in [2.05, 4.69) is 15.6 Å². The number of amides is 2. The van der Waals surface area contributed by atoms with Crippen LogP contribution in [-0.4, -0.2) is 59.4 Å². The highest BCUT2D eigenvalue weighted by molar-refractivity contribution is 6.03. The van der Waals surface area contributed by atoms with E-state index in [1.807, 2.05) is 0 Å². The number of benzene rings is 1. The molecule has 0 saturated heterocycles. The molecule has 2 amide bonds. The molecule has 1 aliphatic rings. The molecule has 3 heterocycles. The Bertz CT molecular complexity index is 1370. The summed E-state index contributed by atoms with van der Waals surface area (Å²) in [5.74, 6) is -1.36. The van der Waals surface area contributed by atoms with E-state index >= 15 is 0 Å². The quantitative estimate of drug-likeness (QED) is 0.451. The normalized spacial score (nSPS) is 16.5. The van der Waals surface area contributed by atoms with Crippen molar-refractivity contribution < 1.29 is 28.6 Å². The van der Waals surface area contributed by atoms with Crippen LogP contribution in [0.1, 0.15) is 28.4 Å². The van der Waals surface area contributed by atoms with Crippen LogP contribution in [-0.2, 0) is 17.8 Å². The molecule has 0 fully saturated rings. The van der Waals surface area contributed by atoms with Gasteiger partial charge >= 0.3 is 0 Å². The Balaban J connectivity index is 1.98. The fourth-order valence-corrected chi connectivity index (χ4v) is 4.16. The zero-order chi connectivity index (χ0) is 25.3. The maximum Gasteiger partial charge on any atom is 0.268 e. The molecule has 1 aromatic carbocycles. The molecule has 0 radical (unpaired) electrons. The van der Waals surface area contributed by atoms with E-state index in [1.165, 1.54) is 44.0 Å². The van der Waals surface area contributed by atoms with Crippen molar-refractivity contribution in [3.63, 3.8) is 0 Å². The van der Waals surface area contributed by atoms with Crippen molar-refractivity contribution in [2.45, 2.75) is 25.5 Å². The van der Waals surface area contributed by atoms with Crippen LogP contribution in [0.4, 0.5) is 4.39 Å². The predicted molar refractivity (Wildman–Crippen MR) is 124 cm³/mol. The van der Waals surface area contributed by atoms with Gasteiger partial charge in [0.1, 0.15) is 22.4 Å². The van der Waals surface area contributed by atoms with Crippen LogP contribution >= 0.6 is 0 Å². The van der Waals surface area contributed by atoms with Crippen LogP contribution in [0.5, 0.6) is 11.5 Å². The topological polar surface area (TPSA) is 132 Å². The summed E-state index contributed by atoms with van der Waals surface area (Å²) in [6.07, 6.45) is 1.80. The van der Waals surface area contributed by atoms with Gasteiger partial charge in [0, 0.05) is 31.8 Å². The van der Waals surface area contributed by atoms with Crippen molar-refractivity contribution in [3.8, 4) is 11.5 Å². The average molecular weight is 484 g/mol. The second kappa shape index (κ2) is 9.34. The van der Waals surface area contributed by atoms with Crippen molar-refractivity contribution in [1.82, 2.24) is 20.2 Å². The summed E-state index contributed by atoms with van der Waals surface area (Å²) in [5, 5.41) is 14.1. The molecule has 10 nitrogen and oxygen atoms in total. The van der Waals surface area contributed by atoms with Crippen molar-refractivity contribution in [3.05, 3.63) is 63.3 Å². The number of ether oxygens (including phenoxy) is 2. The number of nitrogens with one attached hydrogen (secondary N) is 2. The maximum absolute atomic E-state index is 13.5. The molecule has 0 bridgehead atoms. The highest BCUT2D eigenvalue weighted by Crippen LogP contribution is 2.40. The number of rotatable bonds is 7. The molecule has 1 aliphatic heterocycles. The summed E-state index contributed by atoms with van der Waals surface area (Å²) in [5.41, 5.74) is -0.632. The molecule has 4 rings (SSSR count). The van der Waals surface area contributed by atoms with Gasteiger partial charge in [-0.05, 0) is 24.6 Å². The molecule has 0 aliphatic carbocycles. The Morgan fingerprint density at radius 2 is 2.03 bits per heavy atom. The SMILES string of the molecule is CNC(=O)c1c(OC)c2ncc(Cc3ccc(F)cc3)c3c2n(c1=O)C[C@](C)(C(=O)NCCO)O3. The zero-order valence-corrected chi connectivity index (χ0v) is 19.5. The van der Waals surface area contributed by atoms with Gasteiger partial charge in [-0.25, -0.2) is 4.39 Å². The van der Waals surface area contributed by atoms with Gasteiger partial charge in [-0.1, -0.05) is 12.1 Å². The number of methoxy groups -OCH3 is 1. The molecular weight excluding hydrogens is 459 g/mol. The molecule has 11 heteroatoms. The number of hydrogen-bond acceptors (Lipinski definition) is 7. The third-order valence-corrected chi connectivity index (χ3v) is 5.88. The summed E-state index contributed by atoms with van der Waals surface area (Å²) in [4.78, 5) is 43.6. The van der Waals surface area contributed by atoms with Crippen molar-refractivity contribution in [2.24, 2.45) is 0 Å². The molecular formula is C24H25FN4O6. The van der Waals surface area contributed by atoms with E-state index < -0.39 is 23.0 Å². The lowest BCUT2D eigenvalue weighted by molar-refractivity contribution is -0.137. The minimum atomic E-state index is -1.54. The summed E-state index contributed by atoms with van der Waals surface area (Å²) in [6, 6.07) is 5.89. The minimum Gasteiger partial charge on any atom is -0.493 e. The Hall–Kier alpha value is -3.99. The van der Waals surface area contributed by atoms with Gasteiger partial charge in [-0.2, -0.15) is 0 Å². The van der Waals surface area contributed by atoms with E-state index in [0.717, 1.165) is 5.56 Å². The highest BCUT2D eigenvalue weighted by Gasteiger charge is 2.43. The Labute approximate surface area is 199 Å². The number of carbonyl (C=O) groups is 2. The Morgan fingerprint density at radius 1 is 1.31 bits per heavy atom. The first kappa shape index (κ1) is 24.1.